The van der Waals surface area contributed by atoms with Crippen molar-refractivity contribution >= 4 is 0 Å². The molecular formula is C26H19N. The van der Waals surface area contributed by atoms with Gasteiger partial charge in [-0.1, -0.05) is 90.8 Å². The lowest BCUT2D eigenvalue weighted by Crippen LogP contribution is -2.33. The van der Waals surface area contributed by atoms with E-state index in [2.05, 4.69) is 96.8 Å². The summed E-state index contributed by atoms with van der Waals surface area (Å²) in [5.41, 5.74) is 14.2. The lowest BCUT2D eigenvalue weighted by Gasteiger charge is -2.35. The molecule has 1 saturated carbocycles. The van der Waals surface area contributed by atoms with Crippen LogP contribution in [0.1, 0.15) is 11.1 Å². The van der Waals surface area contributed by atoms with E-state index in [1.54, 1.807) is 0 Å². The fourth-order valence-electron chi connectivity index (χ4n) is 5.67. The molecule has 4 aliphatic rings. The third-order valence-corrected chi connectivity index (χ3v) is 6.55. The first-order valence-corrected chi connectivity index (χ1v) is 9.55. The van der Waals surface area contributed by atoms with Crippen molar-refractivity contribution in [3.63, 3.8) is 0 Å². The monoisotopic (exact) mass is 345 g/mol. The number of allylic oxidation sites excluding steroid dienone is 7. The average molecular weight is 345 g/mol. The van der Waals surface area contributed by atoms with Crippen molar-refractivity contribution in [3.8, 4) is 23.0 Å². The van der Waals surface area contributed by atoms with Gasteiger partial charge in [0.05, 0.1) is 11.5 Å². The molecule has 1 spiro atoms. The molecule has 2 aromatic carbocycles. The summed E-state index contributed by atoms with van der Waals surface area (Å²) >= 11 is 0. The lowest BCUT2D eigenvalue weighted by atomic mass is 9.66. The molecule has 0 aromatic heterocycles. The molecule has 0 saturated heterocycles. The Morgan fingerprint density at radius 1 is 0.852 bits per heavy atom. The first-order chi connectivity index (χ1) is 13.3. The summed E-state index contributed by atoms with van der Waals surface area (Å²) in [6.07, 6.45) is 13.4. The SMILES string of the molecule is NC1C#CC=C2C(=C1)C1C=CC=CC1C21c2ccccc2-c2ccccc21. The molecule has 1 heteroatoms. The van der Waals surface area contributed by atoms with Crippen molar-refractivity contribution in [3.05, 3.63) is 107 Å². The van der Waals surface area contributed by atoms with E-state index in [0.29, 0.717) is 11.8 Å². The highest BCUT2D eigenvalue weighted by Crippen LogP contribution is 2.66. The summed E-state index contributed by atoms with van der Waals surface area (Å²) in [7, 11) is 0. The zero-order valence-electron chi connectivity index (χ0n) is 14.9. The average Bonchev–Trinajstić information content (AvgIpc) is 3.06. The van der Waals surface area contributed by atoms with Crippen LogP contribution in [0.15, 0.2) is 96.1 Å². The maximum Gasteiger partial charge on any atom is 0.0860 e. The fraction of sp³-hybridized carbons (Fsp3) is 0.154. The number of nitrogens with two attached hydrogens (primary N) is 1. The summed E-state index contributed by atoms with van der Waals surface area (Å²) in [5.74, 6) is 7.08. The van der Waals surface area contributed by atoms with Gasteiger partial charge in [0.2, 0.25) is 0 Å². The molecule has 3 unspecified atom stereocenters. The Hall–Kier alpha value is -3.08. The second-order valence-corrected chi connectivity index (χ2v) is 7.72. The molecule has 6 rings (SSSR count). The Balaban J connectivity index is 1.77. The van der Waals surface area contributed by atoms with Gasteiger partial charge in [-0.3, -0.25) is 0 Å². The molecule has 0 radical (unpaired) electrons. The molecule has 0 bridgehead atoms. The minimum atomic E-state index is -0.212. The molecule has 4 aliphatic carbocycles. The van der Waals surface area contributed by atoms with Crippen LogP contribution in [0.25, 0.3) is 11.1 Å². The Labute approximate surface area is 159 Å². The van der Waals surface area contributed by atoms with Crippen LogP contribution >= 0.6 is 0 Å². The lowest BCUT2D eigenvalue weighted by molar-refractivity contribution is 0.450. The minimum absolute atomic E-state index is 0.191. The summed E-state index contributed by atoms with van der Waals surface area (Å²) in [6, 6.07) is 17.5. The smallest absolute Gasteiger partial charge is 0.0860 e. The number of benzene rings is 2. The Morgan fingerprint density at radius 2 is 1.52 bits per heavy atom. The van der Waals surface area contributed by atoms with Gasteiger partial charge in [-0.05, 0) is 39.5 Å². The third-order valence-electron chi connectivity index (χ3n) is 6.55. The molecule has 0 amide bonds. The molecule has 3 atom stereocenters. The van der Waals surface area contributed by atoms with E-state index in [4.69, 9.17) is 5.73 Å². The first kappa shape index (κ1) is 15.0. The number of rotatable bonds is 0. The molecule has 1 fully saturated rings. The van der Waals surface area contributed by atoms with Gasteiger partial charge < -0.3 is 5.73 Å². The zero-order valence-corrected chi connectivity index (χ0v) is 14.9. The van der Waals surface area contributed by atoms with Crippen LogP contribution in [-0.2, 0) is 5.41 Å². The topological polar surface area (TPSA) is 26.0 Å². The van der Waals surface area contributed by atoms with Crippen molar-refractivity contribution < 1.29 is 0 Å². The van der Waals surface area contributed by atoms with Crippen molar-refractivity contribution in [1.82, 2.24) is 0 Å². The summed E-state index contributed by atoms with van der Waals surface area (Å²) in [6.45, 7) is 0. The van der Waals surface area contributed by atoms with E-state index >= 15 is 0 Å². The number of hydrogen-bond donors (Lipinski definition) is 1. The van der Waals surface area contributed by atoms with Crippen molar-refractivity contribution in [2.45, 2.75) is 11.5 Å². The van der Waals surface area contributed by atoms with Gasteiger partial charge in [0.1, 0.15) is 0 Å². The van der Waals surface area contributed by atoms with Crippen LogP contribution in [0.3, 0.4) is 0 Å². The molecule has 128 valence electrons. The maximum atomic E-state index is 6.26. The van der Waals surface area contributed by atoms with E-state index < -0.39 is 0 Å². The minimum Gasteiger partial charge on any atom is -0.314 e. The normalized spacial score (nSPS) is 27.5. The second kappa shape index (κ2) is 5.22. The predicted molar refractivity (Wildman–Crippen MR) is 110 cm³/mol. The van der Waals surface area contributed by atoms with Gasteiger partial charge in [-0.15, -0.1) is 0 Å². The van der Waals surface area contributed by atoms with Gasteiger partial charge in [-0.2, -0.15) is 0 Å². The predicted octanol–water partition coefficient (Wildman–Crippen LogP) is 4.52. The quantitative estimate of drug-likeness (QED) is 0.698. The standard InChI is InChI=1S/C26H19N/c27-17-8-7-15-25-21(16-17)20-11-3-6-14-24(20)26(25)22-12-4-1-9-18(22)19-10-2-5-13-23(19)26/h1-6,9-17,20,24H,27H2. The van der Waals surface area contributed by atoms with E-state index in [0.717, 1.165) is 0 Å². The van der Waals surface area contributed by atoms with Crippen LogP contribution in [-0.4, -0.2) is 6.04 Å². The van der Waals surface area contributed by atoms with Gasteiger partial charge in [-0.25, -0.2) is 0 Å². The molecule has 2 N–H and O–H groups in total. The highest BCUT2D eigenvalue weighted by molar-refractivity contribution is 5.86. The van der Waals surface area contributed by atoms with Crippen LogP contribution in [0, 0.1) is 23.7 Å². The van der Waals surface area contributed by atoms with Gasteiger partial charge in [0.15, 0.2) is 0 Å². The van der Waals surface area contributed by atoms with Gasteiger partial charge >= 0.3 is 0 Å². The summed E-state index contributed by atoms with van der Waals surface area (Å²) < 4.78 is 0. The van der Waals surface area contributed by atoms with Gasteiger partial charge in [0, 0.05) is 11.8 Å². The molecular weight excluding hydrogens is 326 g/mol. The second-order valence-electron chi connectivity index (χ2n) is 7.72. The summed E-state index contributed by atoms with van der Waals surface area (Å²) in [4.78, 5) is 0. The highest BCUT2D eigenvalue weighted by atomic mass is 14.6. The van der Waals surface area contributed by atoms with Crippen molar-refractivity contribution in [2.75, 3.05) is 0 Å². The van der Waals surface area contributed by atoms with Gasteiger partial charge in [0.25, 0.3) is 0 Å². The van der Waals surface area contributed by atoms with Crippen LogP contribution < -0.4 is 5.73 Å². The zero-order chi connectivity index (χ0) is 18.0. The van der Waals surface area contributed by atoms with Crippen LogP contribution in [0.2, 0.25) is 0 Å². The third kappa shape index (κ3) is 1.74. The van der Waals surface area contributed by atoms with Crippen LogP contribution in [0.5, 0.6) is 0 Å². The van der Waals surface area contributed by atoms with Crippen molar-refractivity contribution in [2.24, 2.45) is 17.6 Å². The Morgan fingerprint density at radius 3 is 2.26 bits per heavy atom. The maximum absolute atomic E-state index is 6.26. The number of hydrogen-bond acceptors (Lipinski definition) is 1. The van der Waals surface area contributed by atoms with Crippen LogP contribution in [0.4, 0.5) is 0 Å². The Kier molecular flexibility index (Phi) is 2.91. The van der Waals surface area contributed by atoms with E-state index in [1.807, 2.05) is 0 Å². The fourth-order valence-corrected chi connectivity index (χ4v) is 5.67. The number of fused-ring (bicyclic) bond motifs is 10. The molecule has 0 heterocycles. The van der Waals surface area contributed by atoms with E-state index in [9.17, 15) is 0 Å². The summed E-state index contributed by atoms with van der Waals surface area (Å²) in [5, 5.41) is 0. The largest absolute Gasteiger partial charge is 0.314 e. The molecule has 27 heavy (non-hydrogen) atoms. The molecule has 2 aromatic rings. The molecule has 0 aliphatic heterocycles. The van der Waals surface area contributed by atoms with E-state index in [-0.39, 0.29) is 11.5 Å². The highest BCUT2D eigenvalue weighted by Gasteiger charge is 2.58. The first-order valence-electron chi connectivity index (χ1n) is 9.55. The Bertz CT molecular complexity index is 1120. The van der Waals surface area contributed by atoms with Crippen molar-refractivity contribution in [1.29, 1.82) is 0 Å². The van der Waals surface area contributed by atoms with E-state index in [1.165, 1.54) is 33.4 Å². The molecule has 1 nitrogen and oxygen atoms in total.